The Labute approximate surface area is 176 Å². The third kappa shape index (κ3) is 4.13. The minimum absolute atomic E-state index is 0.00293. The van der Waals surface area contributed by atoms with Crippen molar-refractivity contribution in [2.75, 3.05) is 6.54 Å². The number of carbonyl (C=O) groups excluding carboxylic acids is 2. The molecule has 2 atom stereocenters. The van der Waals surface area contributed by atoms with E-state index in [1.54, 1.807) is 6.92 Å². The monoisotopic (exact) mass is 399 g/mol. The minimum atomic E-state index is -0.204. The molecule has 0 saturated heterocycles. The van der Waals surface area contributed by atoms with E-state index in [2.05, 4.69) is 11.4 Å². The molecule has 4 nitrogen and oxygen atoms in total. The Balaban J connectivity index is 1.42. The first-order valence-corrected chi connectivity index (χ1v) is 10.3. The number of hydrogen-bond donors (Lipinski definition) is 1. The van der Waals surface area contributed by atoms with Crippen LogP contribution in [0.15, 0.2) is 72.8 Å². The second-order valence-corrected chi connectivity index (χ2v) is 7.75. The van der Waals surface area contributed by atoms with Crippen molar-refractivity contribution in [3.05, 3.63) is 89.5 Å². The van der Waals surface area contributed by atoms with Crippen LogP contribution >= 0.6 is 0 Å². The van der Waals surface area contributed by atoms with E-state index in [0.717, 1.165) is 40.0 Å². The number of ketones is 1. The van der Waals surface area contributed by atoms with Gasteiger partial charge in [0.15, 0.2) is 5.78 Å². The van der Waals surface area contributed by atoms with E-state index in [4.69, 9.17) is 4.74 Å². The molecule has 0 spiro atoms. The topological polar surface area (TPSA) is 55.4 Å². The van der Waals surface area contributed by atoms with Gasteiger partial charge >= 0.3 is 0 Å². The predicted octanol–water partition coefficient (Wildman–Crippen LogP) is 4.78. The summed E-state index contributed by atoms with van der Waals surface area (Å²) in [4.78, 5) is 24.5. The van der Waals surface area contributed by atoms with Crippen LogP contribution < -0.4 is 10.1 Å². The maximum absolute atomic E-state index is 12.5. The Morgan fingerprint density at radius 2 is 1.77 bits per heavy atom. The van der Waals surface area contributed by atoms with Gasteiger partial charge in [0.25, 0.3) is 0 Å². The van der Waals surface area contributed by atoms with Crippen LogP contribution in [-0.2, 0) is 11.2 Å². The van der Waals surface area contributed by atoms with Gasteiger partial charge in [-0.15, -0.1) is 0 Å². The molecule has 3 aromatic rings. The van der Waals surface area contributed by atoms with E-state index in [-0.39, 0.29) is 23.7 Å². The zero-order chi connectivity index (χ0) is 21.1. The molecule has 4 heteroatoms. The van der Waals surface area contributed by atoms with E-state index >= 15 is 0 Å². The molecule has 0 aromatic heterocycles. The highest BCUT2D eigenvalue weighted by Crippen LogP contribution is 2.34. The first kappa shape index (κ1) is 19.9. The minimum Gasteiger partial charge on any atom is -0.488 e. The van der Waals surface area contributed by atoms with E-state index in [0.29, 0.717) is 6.54 Å². The van der Waals surface area contributed by atoms with Crippen LogP contribution in [0.2, 0.25) is 0 Å². The molecule has 0 radical (unpaired) electrons. The Morgan fingerprint density at radius 1 is 1.03 bits per heavy atom. The van der Waals surface area contributed by atoms with Crippen LogP contribution in [0.25, 0.3) is 11.1 Å². The van der Waals surface area contributed by atoms with E-state index in [9.17, 15) is 9.59 Å². The first-order valence-electron chi connectivity index (χ1n) is 10.3. The summed E-state index contributed by atoms with van der Waals surface area (Å²) >= 11 is 0. The van der Waals surface area contributed by atoms with Crippen molar-refractivity contribution in [3.63, 3.8) is 0 Å². The molecule has 30 heavy (non-hydrogen) atoms. The normalized spacial score (nSPS) is 15.7. The average molecular weight is 399 g/mol. The van der Waals surface area contributed by atoms with Gasteiger partial charge in [-0.25, -0.2) is 0 Å². The molecular weight excluding hydrogens is 374 g/mol. The van der Waals surface area contributed by atoms with Gasteiger partial charge in [0.2, 0.25) is 5.91 Å². The van der Waals surface area contributed by atoms with Gasteiger partial charge in [-0.2, -0.15) is 0 Å². The molecule has 2 unspecified atom stereocenters. The molecule has 1 N–H and O–H groups in total. The van der Waals surface area contributed by atoms with Gasteiger partial charge in [0.05, 0.1) is 12.5 Å². The summed E-state index contributed by atoms with van der Waals surface area (Å²) in [6, 6.07) is 23.4. The SMILES string of the molecule is CC(=O)c1ccccc1-c1ccc2c(c1)CC(CNC(=O)C(C)c1ccccc1)O2. The molecule has 0 saturated carbocycles. The number of hydrogen-bond acceptors (Lipinski definition) is 3. The Hall–Kier alpha value is -3.40. The van der Waals surface area contributed by atoms with Gasteiger partial charge in [-0.3, -0.25) is 9.59 Å². The first-order chi connectivity index (χ1) is 14.5. The van der Waals surface area contributed by atoms with E-state index in [1.807, 2.05) is 73.7 Å². The zero-order valence-corrected chi connectivity index (χ0v) is 17.2. The predicted molar refractivity (Wildman–Crippen MR) is 118 cm³/mol. The largest absolute Gasteiger partial charge is 0.488 e. The number of ether oxygens (including phenoxy) is 1. The molecule has 1 heterocycles. The lowest BCUT2D eigenvalue weighted by Gasteiger charge is -2.15. The van der Waals surface area contributed by atoms with Gasteiger partial charge in [-0.1, -0.05) is 60.7 Å². The van der Waals surface area contributed by atoms with Crippen LogP contribution in [0.1, 0.15) is 41.3 Å². The third-order valence-electron chi connectivity index (χ3n) is 5.62. The lowest BCUT2D eigenvalue weighted by molar-refractivity contribution is -0.122. The Morgan fingerprint density at radius 3 is 2.53 bits per heavy atom. The Kier molecular flexibility index (Phi) is 5.66. The zero-order valence-electron chi connectivity index (χ0n) is 17.2. The van der Waals surface area contributed by atoms with Gasteiger partial charge in [-0.05, 0) is 48.2 Å². The molecular formula is C26H25NO3. The summed E-state index contributed by atoms with van der Waals surface area (Å²) in [5.74, 6) is 0.686. The molecule has 152 valence electrons. The number of rotatable bonds is 6. The van der Waals surface area contributed by atoms with Crippen molar-refractivity contribution in [1.29, 1.82) is 0 Å². The number of Topliss-reactive ketones (excluding diaryl/α,β-unsaturated/α-hetero) is 1. The lowest BCUT2D eigenvalue weighted by Crippen LogP contribution is -2.36. The van der Waals surface area contributed by atoms with Crippen LogP contribution in [-0.4, -0.2) is 24.3 Å². The lowest BCUT2D eigenvalue weighted by atomic mass is 9.95. The number of carbonyl (C=O) groups is 2. The number of nitrogens with one attached hydrogen (secondary N) is 1. The van der Waals surface area contributed by atoms with Crippen molar-refractivity contribution in [1.82, 2.24) is 5.32 Å². The smallest absolute Gasteiger partial charge is 0.227 e. The van der Waals surface area contributed by atoms with Gasteiger partial charge in [0.1, 0.15) is 11.9 Å². The molecule has 0 aliphatic carbocycles. The highest BCUT2D eigenvalue weighted by atomic mass is 16.5. The van der Waals surface area contributed by atoms with Crippen LogP contribution in [0.3, 0.4) is 0 Å². The van der Waals surface area contributed by atoms with Crippen LogP contribution in [0.4, 0.5) is 0 Å². The van der Waals surface area contributed by atoms with Crippen LogP contribution in [0, 0.1) is 0 Å². The standard InChI is InChI=1S/C26H25NO3/c1-17(19-8-4-3-5-9-19)26(29)27-16-22-15-21-14-20(12-13-25(21)30-22)24-11-7-6-10-23(24)18(2)28/h3-14,17,22H,15-16H2,1-2H3,(H,27,29). The van der Waals surface area contributed by atoms with Crippen molar-refractivity contribution in [3.8, 4) is 16.9 Å². The number of amides is 1. The van der Waals surface area contributed by atoms with E-state index < -0.39 is 0 Å². The second kappa shape index (κ2) is 8.54. The quantitative estimate of drug-likeness (QED) is 0.607. The van der Waals surface area contributed by atoms with Crippen molar-refractivity contribution < 1.29 is 14.3 Å². The molecule has 3 aromatic carbocycles. The molecule has 1 amide bonds. The maximum Gasteiger partial charge on any atom is 0.227 e. The maximum atomic E-state index is 12.5. The number of benzene rings is 3. The highest BCUT2D eigenvalue weighted by molar-refractivity contribution is 6.00. The summed E-state index contributed by atoms with van der Waals surface area (Å²) in [5.41, 5.74) is 4.75. The van der Waals surface area contributed by atoms with Crippen molar-refractivity contribution in [2.24, 2.45) is 0 Å². The van der Waals surface area contributed by atoms with Crippen molar-refractivity contribution >= 4 is 11.7 Å². The van der Waals surface area contributed by atoms with Crippen molar-refractivity contribution in [2.45, 2.75) is 32.3 Å². The molecule has 1 aliphatic rings. The summed E-state index contributed by atoms with van der Waals surface area (Å²) < 4.78 is 6.03. The van der Waals surface area contributed by atoms with Crippen LogP contribution in [0.5, 0.6) is 5.75 Å². The fourth-order valence-electron chi connectivity index (χ4n) is 3.90. The highest BCUT2D eigenvalue weighted by Gasteiger charge is 2.25. The molecule has 0 fully saturated rings. The fourth-order valence-corrected chi connectivity index (χ4v) is 3.90. The summed E-state index contributed by atoms with van der Waals surface area (Å²) in [7, 11) is 0. The average Bonchev–Trinajstić information content (AvgIpc) is 3.19. The molecule has 4 rings (SSSR count). The second-order valence-electron chi connectivity index (χ2n) is 7.75. The van der Waals surface area contributed by atoms with E-state index in [1.165, 1.54) is 0 Å². The third-order valence-corrected chi connectivity index (χ3v) is 5.62. The summed E-state index contributed by atoms with van der Waals surface area (Å²) in [6.07, 6.45) is 0.635. The number of fused-ring (bicyclic) bond motifs is 1. The summed E-state index contributed by atoms with van der Waals surface area (Å²) in [5, 5.41) is 3.02. The Bertz CT molecular complexity index is 1070. The molecule has 1 aliphatic heterocycles. The molecule has 0 bridgehead atoms. The van der Waals surface area contributed by atoms with Gasteiger partial charge < -0.3 is 10.1 Å². The fraction of sp³-hybridized carbons (Fsp3) is 0.231. The summed E-state index contributed by atoms with van der Waals surface area (Å²) in [6.45, 7) is 3.96. The van der Waals surface area contributed by atoms with Gasteiger partial charge in [0, 0.05) is 12.0 Å².